The summed E-state index contributed by atoms with van der Waals surface area (Å²) < 4.78 is 52.4. The third-order valence-corrected chi connectivity index (χ3v) is 6.25. The van der Waals surface area contributed by atoms with Crippen LogP contribution < -0.4 is 25.6 Å². The third kappa shape index (κ3) is 8.26. The predicted octanol–water partition coefficient (Wildman–Crippen LogP) is 5.57. The van der Waals surface area contributed by atoms with Crippen molar-refractivity contribution in [3.8, 4) is 5.75 Å². The van der Waals surface area contributed by atoms with Gasteiger partial charge in [-0.2, -0.15) is 18.2 Å². The SMILES string of the molecule is C=CC(=O)Nc1cccc(Nc2nc(Nc3cnc(N4CCN(C(=O)OC(C)(C)C)CC4)cc3OC)ncc2C(F)(F)F)c1. The number of hydrogen-bond acceptors (Lipinski definition) is 10. The van der Waals surface area contributed by atoms with E-state index in [1.807, 2.05) is 25.7 Å². The second-order valence-corrected chi connectivity index (χ2v) is 10.7. The van der Waals surface area contributed by atoms with E-state index in [0.29, 0.717) is 55.3 Å². The van der Waals surface area contributed by atoms with Gasteiger partial charge in [-0.25, -0.2) is 14.8 Å². The van der Waals surface area contributed by atoms with Crippen LogP contribution in [0.4, 0.5) is 52.6 Å². The summed E-state index contributed by atoms with van der Waals surface area (Å²) in [6, 6.07) is 7.80. The van der Waals surface area contributed by atoms with Gasteiger partial charge in [-0.3, -0.25) is 4.79 Å². The van der Waals surface area contributed by atoms with E-state index in [-0.39, 0.29) is 17.7 Å². The Balaban J connectivity index is 1.51. The Bertz CT molecular complexity index is 1520. The van der Waals surface area contributed by atoms with E-state index in [1.54, 1.807) is 23.1 Å². The number of anilines is 6. The molecule has 0 bridgehead atoms. The summed E-state index contributed by atoms with van der Waals surface area (Å²) in [5.74, 6) is -0.170. The molecule has 2 amide bonds. The van der Waals surface area contributed by atoms with E-state index in [9.17, 15) is 22.8 Å². The summed E-state index contributed by atoms with van der Waals surface area (Å²) in [7, 11) is 1.45. The van der Waals surface area contributed by atoms with Gasteiger partial charge in [0.1, 0.15) is 34.2 Å². The van der Waals surface area contributed by atoms with E-state index in [2.05, 4.69) is 37.5 Å². The van der Waals surface area contributed by atoms with Crippen LogP contribution in [-0.4, -0.2) is 70.7 Å². The number of benzene rings is 1. The van der Waals surface area contributed by atoms with Gasteiger partial charge in [-0.05, 0) is 45.0 Å². The highest BCUT2D eigenvalue weighted by Crippen LogP contribution is 2.36. The fraction of sp³-hybridized carbons (Fsp3) is 0.345. The average Bonchev–Trinajstić information content (AvgIpc) is 2.96. The molecule has 15 heteroatoms. The van der Waals surface area contributed by atoms with Crippen LogP contribution in [0, 0.1) is 0 Å². The molecule has 2 aromatic heterocycles. The number of carbonyl (C=O) groups excluding carboxylic acids is 2. The summed E-state index contributed by atoms with van der Waals surface area (Å²) in [5.41, 5.74) is -0.756. The fourth-order valence-corrected chi connectivity index (χ4v) is 4.18. The Morgan fingerprint density at radius 3 is 2.34 bits per heavy atom. The van der Waals surface area contributed by atoms with E-state index in [1.165, 1.54) is 25.4 Å². The van der Waals surface area contributed by atoms with Gasteiger partial charge in [-0.15, -0.1) is 0 Å². The summed E-state index contributed by atoms with van der Waals surface area (Å²) in [6.45, 7) is 10.7. The topological polar surface area (TPSA) is 134 Å². The van der Waals surface area contributed by atoms with Crippen molar-refractivity contribution >= 4 is 46.6 Å². The van der Waals surface area contributed by atoms with Crippen LogP contribution in [0.3, 0.4) is 0 Å². The minimum Gasteiger partial charge on any atom is -0.494 e. The Morgan fingerprint density at radius 1 is 1.00 bits per heavy atom. The molecule has 1 aliphatic rings. The molecule has 0 saturated carbocycles. The smallest absolute Gasteiger partial charge is 0.421 e. The van der Waals surface area contributed by atoms with Crippen molar-refractivity contribution in [2.45, 2.75) is 32.5 Å². The number of halogens is 3. The van der Waals surface area contributed by atoms with Gasteiger partial charge in [0.15, 0.2) is 0 Å². The Kier molecular flexibility index (Phi) is 9.45. The highest BCUT2D eigenvalue weighted by Gasteiger charge is 2.35. The van der Waals surface area contributed by atoms with Gasteiger partial charge >= 0.3 is 12.3 Å². The van der Waals surface area contributed by atoms with Crippen LogP contribution in [0.1, 0.15) is 26.3 Å². The summed E-state index contributed by atoms with van der Waals surface area (Å²) in [5, 5.41) is 8.09. The zero-order chi connectivity index (χ0) is 32.1. The summed E-state index contributed by atoms with van der Waals surface area (Å²) in [4.78, 5) is 40.0. The second kappa shape index (κ2) is 13.1. The maximum absolute atomic E-state index is 13.8. The maximum atomic E-state index is 13.8. The van der Waals surface area contributed by atoms with Crippen LogP contribution in [0.2, 0.25) is 0 Å². The zero-order valence-corrected chi connectivity index (χ0v) is 24.7. The molecule has 12 nitrogen and oxygen atoms in total. The molecule has 1 aromatic carbocycles. The molecule has 1 fully saturated rings. The molecular formula is C29H33F3N8O4. The number of methoxy groups -OCH3 is 1. The van der Waals surface area contributed by atoms with Crippen LogP contribution in [0.5, 0.6) is 5.75 Å². The molecule has 1 aliphatic heterocycles. The number of carbonyl (C=O) groups is 2. The number of pyridine rings is 1. The quantitative estimate of drug-likeness (QED) is 0.277. The second-order valence-electron chi connectivity index (χ2n) is 10.7. The third-order valence-electron chi connectivity index (χ3n) is 6.25. The lowest BCUT2D eigenvalue weighted by Crippen LogP contribution is -2.50. The Morgan fingerprint density at radius 2 is 1.70 bits per heavy atom. The van der Waals surface area contributed by atoms with Gasteiger partial charge < -0.3 is 35.2 Å². The highest BCUT2D eigenvalue weighted by atomic mass is 19.4. The number of aromatic nitrogens is 3. The molecule has 234 valence electrons. The van der Waals surface area contributed by atoms with Crippen molar-refractivity contribution in [1.82, 2.24) is 19.9 Å². The van der Waals surface area contributed by atoms with Crippen molar-refractivity contribution in [2.24, 2.45) is 0 Å². The zero-order valence-electron chi connectivity index (χ0n) is 24.7. The van der Waals surface area contributed by atoms with Gasteiger partial charge in [0.25, 0.3) is 0 Å². The molecule has 3 N–H and O–H groups in total. The Labute approximate surface area is 252 Å². The highest BCUT2D eigenvalue weighted by molar-refractivity contribution is 5.99. The fourth-order valence-electron chi connectivity index (χ4n) is 4.18. The van der Waals surface area contributed by atoms with Crippen molar-refractivity contribution in [2.75, 3.05) is 54.1 Å². The lowest BCUT2D eigenvalue weighted by molar-refractivity contribution is -0.137. The van der Waals surface area contributed by atoms with Crippen LogP contribution in [0.25, 0.3) is 0 Å². The van der Waals surface area contributed by atoms with Crippen molar-refractivity contribution < 1.29 is 32.2 Å². The summed E-state index contributed by atoms with van der Waals surface area (Å²) in [6.07, 6.45) is -1.91. The van der Waals surface area contributed by atoms with Crippen molar-refractivity contribution in [3.63, 3.8) is 0 Å². The maximum Gasteiger partial charge on any atom is 0.421 e. The van der Waals surface area contributed by atoms with Crippen LogP contribution in [0.15, 0.2) is 55.4 Å². The number of ether oxygens (including phenoxy) is 2. The molecule has 0 unspecified atom stereocenters. The van der Waals surface area contributed by atoms with E-state index in [0.717, 1.165) is 6.08 Å². The predicted molar refractivity (Wildman–Crippen MR) is 160 cm³/mol. The number of nitrogens with one attached hydrogen (secondary N) is 3. The molecule has 3 heterocycles. The summed E-state index contributed by atoms with van der Waals surface area (Å²) >= 11 is 0. The molecular weight excluding hydrogens is 581 g/mol. The molecule has 0 aliphatic carbocycles. The Hall–Kier alpha value is -5.08. The molecule has 1 saturated heterocycles. The minimum absolute atomic E-state index is 0.143. The molecule has 0 spiro atoms. The number of rotatable bonds is 8. The molecule has 0 radical (unpaired) electrons. The number of amides is 2. The minimum atomic E-state index is -4.75. The number of alkyl halides is 3. The lowest BCUT2D eigenvalue weighted by Gasteiger charge is -2.36. The van der Waals surface area contributed by atoms with Crippen molar-refractivity contribution in [1.29, 1.82) is 0 Å². The van der Waals surface area contributed by atoms with Crippen LogP contribution in [-0.2, 0) is 15.7 Å². The average molecular weight is 615 g/mol. The van der Waals surface area contributed by atoms with Gasteiger partial charge in [-0.1, -0.05) is 12.6 Å². The molecule has 44 heavy (non-hydrogen) atoms. The first-order chi connectivity index (χ1) is 20.8. The van der Waals surface area contributed by atoms with Gasteiger partial charge in [0.2, 0.25) is 11.9 Å². The monoisotopic (exact) mass is 614 g/mol. The first kappa shape index (κ1) is 31.8. The standard InChI is InChI=1S/C29H33F3N8O4/c1-6-24(41)35-18-8-7-9-19(14-18)36-25-20(29(30,31)32)16-34-26(38-25)37-21-17-33-23(15-22(21)43-5)39-10-12-40(13-11-39)27(42)44-28(2,3)4/h6-9,14-17H,1,10-13H2,2-5H3,(H,35,41)(H2,34,36,37,38). The normalized spacial score (nSPS) is 13.6. The van der Waals surface area contributed by atoms with Crippen molar-refractivity contribution in [3.05, 3.63) is 60.9 Å². The van der Waals surface area contributed by atoms with E-state index in [4.69, 9.17) is 9.47 Å². The molecule has 0 atom stereocenters. The largest absolute Gasteiger partial charge is 0.494 e. The van der Waals surface area contributed by atoms with E-state index >= 15 is 0 Å². The molecule has 3 aromatic rings. The lowest BCUT2D eigenvalue weighted by atomic mass is 10.2. The van der Waals surface area contributed by atoms with Gasteiger partial charge in [0.05, 0.1) is 13.3 Å². The van der Waals surface area contributed by atoms with Gasteiger partial charge in [0, 0.05) is 49.8 Å². The number of nitrogens with zero attached hydrogens (tertiary/aromatic N) is 5. The first-order valence-electron chi connectivity index (χ1n) is 13.5. The van der Waals surface area contributed by atoms with Crippen LogP contribution >= 0.6 is 0 Å². The van der Waals surface area contributed by atoms with E-state index < -0.39 is 29.1 Å². The number of hydrogen-bond donors (Lipinski definition) is 3. The molecule has 4 rings (SSSR count). The first-order valence-corrected chi connectivity index (χ1v) is 13.5. The number of piperazine rings is 1.